The van der Waals surface area contributed by atoms with Gasteiger partial charge in [-0.3, -0.25) is 9.48 Å². The van der Waals surface area contributed by atoms with E-state index in [0.717, 1.165) is 33.9 Å². The smallest absolute Gasteiger partial charge is 0.325 e. The SMILES string of the molecule is Cc1nn(CC(=O)O)cc1-c1ccc(N2CCOc3ncnc4c3C2=N4)cc1. The van der Waals surface area contributed by atoms with Crippen molar-refractivity contribution >= 4 is 23.3 Å². The van der Waals surface area contributed by atoms with Gasteiger partial charge in [0, 0.05) is 17.4 Å². The van der Waals surface area contributed by atoms with Crippen LogP contribution in [0.4, 0.5) is 11.5 Å². The lowest BCUT2D eigenvalue weighted by Gasteiger charge is -2.28. The first-order valence-corrected chi connectivity index (χ1v) is 8.81. The average Bonchev–Trinajstić information content (AvgIpc) is 2.91. The van der Waals surface area contributed by atoms with Gasteiger partial charge in [-0.15, -0.1) is 0 Å². The molecule has 2 aliphatic rings. The van der Waals surface area contributed by atoms with Crippen LogP contribution in [0.25, 0.3) is 11.1 Å². The molecule has 3 aromatic rings. The zero-order valence-corrected chi connectivity index (χ0v) is 15.0. The lowest BCUT2D eigenvalue weighted by molar-refractivity contribution is -0.137. The first kappa shape index (κ1) is 16.4. The molecule has 0 amide bonds. The second-order valence-corrected chi connectivity index (χ2v) is 6.58. The van der Waals surface area contributed by atoms with Gasteiger partial charge in [0.05, 0.1) is 12.2 Å². The van der Waals surface area contributed by atoms with Crippen LogP contribution in [0.2, 0.25) is 0 Å². The Bertz CT molecular complexity index is 1120. The van der Waals surface area contributed by atoms with Crippen LogP contribution in [0.15, 0.2) is 41.8 Å². The highest BCUT2D eigenvalue weighted by molar-refractivity contribution is 6.20. The topological polar surface area (TPSA) is 106 Å². The molecular weight excluding hydrogens is 360 g/mol. The fourth-order valence-electron chi connectivity index (χ4n) is 3.48. The van der Waals surface area contributed by atoms with Crippen molar-refractivity contribution < 1.29 is 14.6 Å². The summed E-state index contributed by atoms with van der Waals surface area (Å²) in [7, 11) is 0. The number of rotatable bonds is 4. The lowest BCUT2D eigenvalue weighted by atomic mass is 10.1. The molecule has 0 saturated heterocycles. The second-order valence-electron chi connectivity index (χ2n) is 6.58. The highest BCUT2D eigenvalue weighted by atomic mass is 16.5. The van der Waals surface area contributed by atoms with E-state index in [2.05, 4.69) is 25.0 Å². The Morgan fingerprint density at radius 2 is 2.07 bits per heavy atom. The number of carboxylic acids is 1. The number of aryl methyl sites for hydroxylation is 1. The molecular formula is C19H16N6O3. The second kappa shape index (κ2) is 6.15. The Kier molecular flexibility index (Phi) is 3.61. The van der Waals surface area contributed by atoms with Gasteiger partial charge in [0.2, 0.25) is 5.88 Å². The largest absolute Gasteiger partial charge is 0.480 e. The van der Waals surface area contributed by atoms with Crippen molar-refractivity contribution in [1.29, 1.82) is 0 Å². The number of anilines is 1. The molecule has 9 heteroatoms. The van der Waals surface area contributed by atoms with Crippen molar-refractivity contribution in [3.05, 3.63) is 48.0 Å². The summed E-state index contributed by atoms with van der Waals surface area (Å²) in [4.78, 5) is 25.8. The molecule has 140 valence electrons. The summed E-state index contributed by atoms with van der Waals surface area (Å²) < 4.78 is 7.16. The molecule has 0 fully saturated rings. The molecule has 1 aromatic carbocycles. The van der Waals surface area contributed by atoms with Gasteiger partial charge in [-0.2, -0.15) is 5.10 Å². The van der Waals surface area contributed by atoms with Crippen molar-refractivity contribution in [2.75, 3.05) is 18.1 Å². The molecule has 2 aromatic heterocycles. The van der Waals surface area contributed by atoms with Gasteiger partial charge in [0.25, 0.3) is 0 Å². The van der Waals surface area contributed by atoms with Crippen LogP contribution in [0, 0.1) is 6.92 Å². The Morgan fingerprint density at radius 1 is 1.25 bits per heavy atom. The Labute approximate surface area is 159 Å². The minimum Gasteiger partial charge on any atom is -0.480 e. The van der Waals surface area contributed by atoms with Gasteiger partial charge >= 0.3 is 5.97 Å². The monoisotopic (exact) mass is 376 g/mol. The Hall–Kier alpha value is -3.75. The van der Waals surface area contributed by atoms with Crippen molar-refractivity contribution in [3.63, 3.8) is 0 Å². The first-order chi connectivity index (χ1) is 13.6. The predicted octanol–water partition coefficient (Wildman–Crippen LogP) is 2.02. The number of benzene rings is 1. The predicted molar refractivity (Wildman–Crippen MR) is 101 cm³/mol. The molecule has 4 heterocycles. The quantitative estimate of drug-likeness (QED) is 0.742. The third-order valence-corrected chi connectivity index (χ3v) is 4.77. The van der Waals surface area contributed by atoms with Gasteiger partial charge in [0.15, 0.2) is 11.7 Å². The summed E-state index contributed by atoms with van der Waals surface area (Å²) in [6, 6.07) is 8.02. The molecule has 0 spiro atoms. The van der Waals surface area contributed by atoms with Gasteiger partial charge in [-0.25, -0.2) is 15.0 Å². The van der Waals surface area contributed by atoms with Crippen LogP contribution in [-0.4, -0.2) is 49.8 Å². The van der Waals surface area contributed by atoms with E-state index in [1.807, 2.05) is 31.2 Å². The number of carbonyl (C=O) groups is 1. The molecule has 0 unspecified atom stereocenters. The fourth-order valence-corrected chi connectivity index (χ4v) is 3.48. The van der Waals surface area contributed by atoms with Crippen molar-refractivity contribution in [3.8, 4) is 17.0 Å². The van der Waals surface area contributed by atoms with Crippen LogP contribution in [0.1, 0.15) is 11.3 Å². The maximum atomic E-state index is 10.9. The molecule has 5 rings (SSSR count). The Balaban J connectivity index is 1.44. The molecule has 0 aliphatic carbocycles. The summed E-state index contributed by atoms with van der Waals surface area (Å²) in [6.07, 6.45) is 3.22. The van der Waals surface area contributed by atoms with Crippen LogP contribution in [-0.2, 0) is 11.3 Å². The molecule has 9 nitrogen and oxygen atoms in total. The van der Waals surface area contributed by atoms with E-state index in [4.69, 9.17) is 9.84 Å². The summed E-state index contributed by atoms with van der Waals surface area (Å²) in [5.41, 5.74) is 4.52. The molecule has 0 saturated carbocycles. The number of aliphatic imine (C=N–C) groups is 1. The number of ether oxygens (including phenoxy) is 1. The number of amidine groups is 1. The number of nitrogens with zero attached hydrogens (tertiary/aromatic N) is 6. The van der Waals surface area contributed by atoms with E-state index in [9.17, 15) is 4.79 Å². The first-order valence-electron chi connectivity index (χ1n) is 8.81. The number of aliphatic carboxylic acids is 1. The van der Waals surface area contributed by atoms with Crippen LogP contribution in [0.5, 0.6) is 5.88 Å². The van der Waals surface area contributed by atoms with E-state index < -0.39 is 5.97 Å². The van der Waals surface area contributed by atoms with E-state index >= 15 is 0 Å². The van der Waals surface area contributed by atoms with Crippen LogP contribution in [0.3, 0.4) is 0 Å². The third-order valence-electron chi connectivity index (χ3n) is 4.77. The molecule has 0 radical (unpaired) electrons. The van der Waals surface area contributed by atoms with Crippen molar-refractivity contribution in [1.82, 2.24) is 19.7 Å². The summed E-state index contributed by atoms with van der Waals surface area (Å²) >= 11 is 0. The molecule has 28 heavy (non-hydrogen) atoms. The van der Waals surface area contributed by atoms with E-state index in [-0.39, 0.29) is 6.54 Å². The molecule has 0 bridgehead atoms. The number of aromatic nitrogens is 4. The summed E-state index contributed by atoms with van der Waals surface area (Å²) in [6.45, 7) is 2.88. The molecule has 1 N–H and O–H groups in total. The summed E-state index contributed by atoms with van der Waals surface area (Å²) in [5, 5.41) is 13.2. The maximum absolute atomic E-state index is 10.9. The van der Waals surface area contributed by atoms with Crippen LogP contribution >= 0.6 is 0 Å². The number of carboxylic acid groups (broad SMARTS) is 1. The average molecular weight is 376 g/mol. The minimum absolute atomic E-state index is 0.156. The van der Waals surface area contributed by atoms with E-state index in [1.165, 1.54) is 11.0 Å². The van der Waals surface area contributed by atoms with Gasteiger partial charge in [0.1, 0.15) is 25.0 Å². The van der Waals surface area contributed by atoms with Crippen molar-refractivity contribution in [2.45, 2.75) is 13.5 Å². The maximum Gasteiger partial charge on any atom is 0.325 e. The Morgan fingerprint density at radius 3 is 2.86 bits per heavy atom. The zero-order chi connectivity index (χ0) is 19.3. The highest BCUT2D eigenvalue weighted by Gasteiger charge is 2.33. The van der Waals surface area contributed by atoms with Gasteiger partial charge < -0.3 is 14.7 Å². The van der Waals surface area contributed by atoms with E-state index in [0.29, 0.717) is 24.8 Å². The van der Waals surface area contributed by atoms with Gasteiger partial charge in [-0.1, -0.05) is 12.1 Å². The van der Waals surface area contributed by atoms with Crippen molar-refractivity contribution in [2.24, 2.45) is 4.99 Å². The number of hydrogen-bond donors (Lipinski definition) is 1. The molecule has 2 aliphatic heterocycles. The van der Waals surface area contributed by atoms with Gasteiger partial charge in [-0.05, 0) is 24.6 Å². The third kappa shape index (κ3) is 2.59. The number of hydrogen-bond acceptors (Lipinski definition) is 7. The normalized spacial score (nSPS) is 14.5. The summed E-state index contributed by atoms with van der Waals surface area (Å²) in [5.74, 6) is 1.14. The highest BCUT2D eigenvalue weighted by Crippen LogP contribution is 2.38. The molecule has 0 atom stereocenters. The fraction of sp³-hybridized carbons (Fsp3) is 0.211. The van der Waals surface area contributed by atoms with E-state index in [1.54, 1.807) is 6.20 Å². The lowest BCUT2D eigenvalue weighted by Crippen LogP contribution is -2.35. The minimum atomic E-state index is -0.919. The standard InChI is InChI=1S/C19H16N6O3/c1-11-14(8-24(23-11)9-15(26)27)12-2-4-13(5-3-12)25-6-7-28-19-16-17(20-10-21-19)22-18(16)25/h2-5,8,10H,6-7,9H2,1H3,(H,26,27). The van der Waals surface area contributed by atoms with Crippen LogP contribution < -0.4 is 9.64 Å². The zero-order valence-electron chi connectivity index (χ0n) is 15.0.